The number of hydrogen-bond donors (Lipinski definition) is 3. The Morgan fingerprint density at radius 3 is 2.55 bits per heavy atom. The maximum Gasteiger partial charge on any atom is 0.236 e. The fourth-order valence-corrected chi connectivity index (χ4v) is 1.81. The molecule has 1 amide bonds. The lowest BCUT2D eigenvalue weighted by molar-refractivity contribution is -0.119. The lowest BCUT2D eigenvalue weighted by Crippen LogP contribution is -2.50. The van der Waals surface area contributed by atoms with Crippen molar-refractivity contribution in [2.24, 2.45) is 0 Å². The van der Waals surface area contributed by atoms with Crippen LogP contribution in [0.15, 0.2) is 0 Å². The monoisotopic (exact) mass is 155 g/mol. The van der Waals surface area contributed by atoms with Crippen molar-refractivity contribution in [1.29, 1.82) is 0 Å². The molecule has 0 aromatic rings. The lowest BCUT2D eigenvalue weighted by Gasteiger charge is -2.31. The van der Waals surface area contributed by atoms with Crippen LogP contribution in [-0.4, -0.2) is 24.5 Å². The molecule has 2 aliphatic rings. The summed E-state index contributed by atoms with van der Waals surface area (Å²) in [6.45, 7) is 2.03. The quantitative estimate of drug-likeness (QED) is 0.426. The minimum atomic E-state index is 0.0718. The second-order valence-corrected chi connectivity index (χ2v) is 3.38. The van der Waals surface area contributed by atoms with Crippen molar-refractivity contribution < 1.29 is 4.79 Å². The summed E-state index contributed by atoms with van der Waals surface area (Å²) < 4.78 is 0. The van der Waals surface area contributed by atoms with E-state index in [0.717, 1.165) is 25.9 Å². The maximum absolute atomic E-state index is 10.9. The zero-order valence-electron chi connectivity index (χ0n) is 6.44. The van der Waals surface area contributed by atoms with Gasteiger partial charge in [-0.15, -0.1) is 0 Å². The number of hydrazine groups is 1. The van der Waals surface area contributed by atoms with Crippen LogP contribution < -0.4 is 16.2 Å². The highest BCUT2D eigenvalue weighted by molar-refractivity contribution is 5.79. The molecule has 0 atom stereocenters. The van der Waals surface area contributed by atoms with Crippen molar-refractivity contribution in [1.82, 2.24) is 16.2 Å². The van der Waals surface area contributed by atoms with E-state index in [1.807, 2.05) is 0 Å². The predicted octanol–water partition coefficient (Wildman–Crippen LogP) is -0.867. The lowest BCUT2D eigenvalue weighted by atomic mass is 9.87. The standard InChI is InChI=1S/C7H13N3O/c11-6-5-7(10-9-6)1-3-8-4-2-7/h8,10H,1-5H2,(H,9,11). The molecule has 62 valence electrons. The molecule has 0 unspecified atom stereocenters. The summed E-state index contributed by atoms with van der Waals surface area (Å²) in [5.74, 6) is 0.131. The van der Waals surface area contributed by atoms with Gasteiger partial charge in [-0.25, -0.2) is 5.43 Å². The molecule has 2 rings (SSSR count). The predicted molar refractivity (Wildman–Crippen MR) is 40.7 cm³/mol. The van der Waals surface area contributed by atoms with Gasteiger partial charge in [0.15, 0.2) is 0 Å². The SMILES string of the molecule is O=C1CC2(CCNCC2)NN1. The van der Waals surface area contributed by atoms with Gasteiger partial charge in [-0.3, -0.25) is 10.2 Å². The molecule has 0 aromatic carbocycles. The van der Waals surface area contributed by atoms with Crippen LogP contribution in [0.25, 0.3) is 0 Å². The fraction of sp³-hybridized carbons (Fsp3) is 0.857. The molecule has 4 heteroatoms. The molecule has 3 N–H and O–H groups in total. The Hall–Kier alpha value is -0.610. The molecule has 1 spiro atoms. The molecule has 2 fully saturated rings. The van der Waals surface area contributed by atoms with Gasteiger partial charge in [0.25, 0.3) is 0 Å². The van der Waals surface area contributed by atoms with E-state index in [4.69, 9.17) is 0 Å². The number of piperidine rings is 1. The van der Waals surface area contributed by atoms with Gasteiger partial charge in [0.05, 0.1) is 0 Å². The second-order valence-electron chi connectivity index (χ2n) is 3.38. The van der Waals surface area contributed by atoms with Crippen molar-refractivity contribution in [2.75, 3.05) is 13.1 Å². The van der Waals surface area contributed by atoms with Gasteiger partial charge in [0.1, 0.15) is 0 Å². The third kappa shape index (κ3) is 1.23. The van der Waals surface area contributed by atoms with Crippen molar-refractivity contribution in [3.63, 3.8) is 0 Å². The summed E-state index contributed by atoms with van der Waals surface area (Å²) in [4.78, 5) is 10.9. The third-order valence-corrected chi connectivity index (χ3v) is 2.53. The summed E-state index contributed by atoms with van der Waals surface area (Å²) in [5, 5.41) is 3.27. The maximum atomic E-state index is 10.9. The first-order valence-electron chi connectivity index (χ1n) is 4.08. The Morgan fingerprint density at radius 1 is 1.27 bits per heavy atom. The van der Waals surface area contributed by atoms with Crippen LogP contribution in [0.1, 0.15) is 19.3 Å². The molecule has 4 nitrogen and oxygen atoms in total. The van der Waals surface area contributed by atoms with Crippen LogP contribution >= 0.6 is 0 Å². The molecule has 0 radical (unpaired) electrons. The van der Waals surface area contributed by atoms with Crippen LogP contribution in [0.5, 0.6) is 0 Å². The first-order chi connectivity index (χ1) is 5.31. The number of amides is 1. The summed E-state index contributed by atoms with van der Waals surface area (Å²) in [5.41, 5.74) is 5.82. The molecule has 2 heterocycles. The van der Waals surface area contributed by atoms with Gasteiger partial charge in [0, 0.05) is 12.0 Å². The number of rotatable bonds is 0. The molecule has 0 aromatic heterocycles. The van der Waals surface area contributed by atoms with Gasteiger partial charge in [-0.2, -0.15) is 0 Å². The van der Waals surface area contributed by atoms with E-state index < -0.39 is 0 Å². The Morgan fingerprint density at radius 2 is 2.00 bits per heavy atom. The number of nitrogens with one attached hydrogen (secondary N) is 3. The van der Waals surface area contributed by atoms with E-state index in [-0.39, 0.29) is 11.4 Å². The highest BCUT2D eigenvalue weighted by atomic mass is 16.2. The fourth-order valence-electron chi connectivity index (χ4n) is 1.81. The number of hydrogen-bond acceptors (Lipinski definition) is 3. The molecule has 2 aliphatic heterocycles. The first-order valence-corrected chi connectivity index (χ1v) is 4.08. The van der Waals surface area contributed by atoms with Gasteiger partial charge in [-0.05, 0) is 25.9 Å². The number of carbonyl (C=O) groups is 1. The highest BCUT2D eigenvalue weighted by Gasteiger charge is 2.38. The van der Waals surface area contributed by atoms with Crippen molar-refractivity contribution in [3.8, 4) is 0 Å². The highest BCUT2D eigenvalue weighted by Crippen LogP contribution is 2.24. The largest absolute Gasteiger partial charge is 0.317 e. The van der Waals surface area contributed by atoms with Crippen LogP contribution in [0, 0.1) is 0 Å². The average molecular weight is 155 g/mol. The van der Waals surface area contributed by atoms with Gasteiger partial charge in [-0.1, -0.05) is 0 Å². The van der Waals surface area contributed by atoms with Gasteiger partial charge < -0.3 is 5.32 Å². The van der Waals surface area contributed by atoms with Crippen molar-refractivity contribution in [2.45, 2.75) is 24.8 Å². The Kier molecular flexibility index (Phi) is 1.58. The van der Waals surface area contributed by atoms with E-state index in [0.29, 0.717) is 6.42 Å². The summed E-state index contributed by atoms with van der Waals surface area (Å²) in [6.07, 6.45) is 2.74. The van der Waals surface area contributed by atoms with Crippen LogP contribution in [-0.2, 0) is 4.79 Å². The van der Waals surface area contributed by atoms with Crippen molar-refractivity contribution in [3.05, 3.63) is 0 Å². The molecule has 0 aliphatic carbocycles. The van der Waals surface area contributed by atoms with Crippen LogP contribution in [0.2, 0.25) is 0 Å². The molecule has 2 saturated heterocycles. The normalized spacial score (nSPS) is 28.9. The van der Waals surface area contributed by atoms with Gasteiger partial charge in [0.2, 0.25) is 5.91 Å². The Labute approximate surface area is 65.7 Å². The summed E-state index contributed by atoms with van der Waals surface area (Å²) in [7, 11) is 0. The topological polar surface area (TPSA) is 53.2 Å². The average Bonchev–Trinajstić information content (AvgIpc) is 2.34. The van der Waals surface area contributed by atoms with Crippen molar-refractivity contribution >= 4 is 5.91 Å². The minimum absolute atomic E-state index is 0.0718. The van der Waals surface area contributed by atoms with E-state index in [1.54, 1.807) is 0 Å². The molecular formula is C7H13N3O. The minimum Gasteiger partial charge on any atom is -0.317 e. The molecule has 11 heavy (non-hydrogen) atoms. The van der Waals surface area contributed by atoms with Crippen LogP contribution in [0.3, 0.4) is 0 Å². The van der Waals surface area contributed by atoms with E-state index >= 15 is 0 Å². The van der Waals surface area contributed by atoms with E-state index in [9.17, 15) is 4.79 Å². The van der Waals surface area contributed by atoms with Crippen LogP contribution in [0.4, 0.5) is 0 Å². The second kappa shape index (κ2) is 2.46. The molecule has 0 saturated carbocycles. The smallest absolute Gasteiger partial charge is 0.236 e. The van der Waals surface area contributed by atoms with E-state index in [2.05, 4.69) is 16.2 Å². The summed E-state index contributed by atoms with van der Waals surface area (Å²) >= 11 is 0. The Balaban J connectivity index is 2.03. The summed E-state index contributed by atoms with van der Waals surface area (Å²) in [6, 6.07) is 0. The Bertz CT molecular complexity index is 175. The van der Waals surface area contributed by atoms with Gasteiger partial charge >= 0.3 is 0 Å². The van der Waals surface area contributed by atoms with E-state index in [1.165, 1.54) is 0 Å². The zero-order valence-corrected chi connectivity index (χ0v) is 6.44. The molecule has 0 bridgehead atoms. The number of carbonyl (C=O) groups excluding carboxylic acids is 1. The third-order valence-electron chi connectivity index (χ3n) is 2.53. The molecular weight excluding hydrogens is 142 g/mol. The zero-order chi connectivity index (χ0) is 7.73. The first kappa shape index (κ1) is 7.06.